The molecule has 0 atom stereocenters. The van der Waals surface area contributed by atoms with Crippen LogP contribution in [0.1, 0.15) is 25.0 Å². The monoisotopic (exact) mass is 310 g/mol. The van der Waals surface area contributed by atoms with Crippen molar-refractivity contribution in [3.05, 3.63) is 47.5 Å². The Kier molecular flexibility index (Phi) is 3.58. The highest BCUT2D eigenvalue weighted by Crippen LogP contribution is 2.34. The molecule has 0 fully saturated rings. The smallest absolute Gasteiger partial charge is 0.125 e. The van der Waals surface area contributed by atoms with Crippen LogP contribution in [0.4, 0.5) is 0 Å². The third-order valence-electron chi connectivity index (χ3n) is 3.48. The lowest BCUT2D eigenvalue weighted by atomic mass is 10.1. The van der Waals surface area contributed by atoms with Crippen LogP contribution < -0.4 is 11.5 Å². The Morgan fingerprint density at radius 1 is 1.00 bits per heavy atom. The van der Waals surface area contributed by atoms with Crippen molar-refractivity contribution in [3.63, 3.8) is 0 Å². The van der Waals surface area contributed by atoms with Gasteiger partial charge in [0, 0.05) is 37.3 Å². The first kappa shape index (κ1) is 14.5. The maximum Gasteiger partial charge on any atom is 0.125 e. The van der Waals surface area contributed by atoms with E-state index in [9.17, 15) is 0 Å². The Bertz CT molecular complexity index is 906. The molecule has 0 saturated heterocycles. The van der Waals surface area contributed by atoms with Crippen LogP contribution >= 0.6 is 11.3 Å². The number of hydrogen-bond acceptors (Lipinski definition) is 3. The summed E-state index contributed by atoms with van der Waals surface area (Å²) in [6.07, 6.45) is 0. The van der Waals surface area contributed by atoms with Gasteiger partial charge >= 0.3 is 0 Å². The average molecular weight is 310 g/mol. The van der Waals surface area contributed by atoms with E-state index in [1.807, 2.05) is 38.1 Å². The van der Waals surface area contributed by atoms with E-state index < -0.39 is 0 Å². The van der Waals surface area contributed by atoms with Gasteiger partial charge in [0.1, 0.15) is 11.7 Å². The van der Waals surface area contributed by atoms with Crippen molar-refractivity contribution in [1.82, 2.24) is 0 Å². The molecule has 0 aliphatic carbocycles. The molecule has 4 nitrogen and oxygen atoms in total. The average Bonchev–Trinajstić information content (AvgIpc) is 2.82. The molecule has 112 valence electrons. The van der Waals surface area contributed by atoms with Crippen molar-refractivity contribution < 1.29 is 0 Å². The number of nitrogens with one attached hydrogen (secondary N) is 1. The molecule has 0 amide bonds. The van der Waals surface area contributed by atoms with E-state index in [4.69, 9.17) is 16.9 Å². The van der Waals surface area contributed by atoms with E-state index >= 15 is 0 Å². The van der Waals surface area contributed by atoms with E-state index in [1.54, 1.807) is 11.3 Å². The zero-order valence-electron chi connectivity index (χ0n) is 12.6. The molecular formula is C17H18N4S. The van der Waals surface area contributed by atoms with Crippen molar-refractivity contribution >= 4 is 43.2 Å². The number of thiophene rings is 1. The Hall–Kier alpha value is -2.40. The second kappa shape index (κ2) is 5.42. The van der Waals surface area contributed by atoms with Crippen molar-refractivity contribution in [2.24, 2.45) is 16.5 Å². The van der Waals surface area contributed by atoms with Gasteiger partial charge in [-0.15, -0.1) is 11.3 Å². The molecule has 5 heteroatoms. The van der Waals surface area contributed by atoms with E-state index in [2.05, 4.69) is 17.1 Å². The summed E-state index contributed by atoms with van der Waals surface area (Å²) in [4.78, 5) is 4.40. The summed E-state index contributed by atoms with van der Waals surface area (Å²) in [7, 11) is 0. The molecule has 1 aromatic heterocycles. The third-order valence-corrected chi connectivity index (χ3v) is 4.59. The van der Waals surface area contributed by atoms with Crippen molar-refractivity contribution in [2.45, 2.75) is 19.9 Å². The summed E-state index contributed by atoms with van der Waals surface area (Å²) in [5, 5.41) is 9.92. The maximum absolute atomic E-state index is 7.55. The van der Waals surface area contributed by atoms with Gasteiger partial charge < -0.3 is 11.5 Å². The van der Waals surface area contributed by atoms with Crippen LogP contribution in [0, 0.1) is 5.41 Å². The summed E-state index contributed by atoms with van der Waals surface area (Å²) in [5.41, 5.74) is 13.3. The number of nitrogen functional groups attached to an aromatic ring is 1. The fourth-order valence-corrected chi connectivity index (χ4v) is 3.64. The summed E-state index contributed by atoms with van der Waals surface area (Å²) in [6.45, 7) is 4.02. The van der Waals surface area contributed by atoms with Crippen LogP contribution in [0.2, 0.25) is 0 Å². The highest BCUT2D eigenvalue weighted by molar-refractivity contribution is 7.25. The molecular weight excluding hydrogens is 292 g/mol. The normalized spacial score (nSPS) is 12.4. The quantitative estimate of drug-likeness (QED) is 0.511. The third kappa shape index (κ3) is 2.55. The fourth-order valence-electron chi connectivity index (χ4n) is 2.46. The van der Waals surface area contributed by atoms with Gasteiger partial charge in [0.2, 0.25) is 0 Å². The van der Waals surface area contributed by atoms with E-state index in [0.717, 1.165) is 20.5 Å². The predicted octanol–water partition coefficient (Wildman–Crippen LogP) is 3.45. The molecule has 0 bridgehead atoms. The van der Waals surface area contributed by atoms with Gasteiger partial charge in [0.15, 0.2) is 0 Å². The minimum Gasteiger partial charge on any atom is -0.384 e. The van der Waals surface area contributed by atoms with Crippen LogP contribution in [0.5, 0.6) is 0 Å². The molecule has 0 unspecified atom stereocenters. The van der Waals surface area contributed by atoms with Crippen molar-refractivity contribution in [3.8, 4) is 0 Å². The first-order valence-electron chi connectivity index (χ1n) is 7.10. The van der Waals surface area contributed by atoms with Crippen LogP contribution in [0.15, 0.2) is 41.4 Å². The van der Waals surface area contributed by atoms with Crippen LogP contribution in [-0.4, -0.2) is 17.7 Å². The number of nitrogens with two attached hydrogens (primary N) is 2. The summed E-state index contributed by atoms with van der Waals surface area (Å²) < 4.78 is 2.29. The second-order valence-corrected chi connectivity index (χ2v) is 6.63. The van der Waals surface area contributed by atoms with Crippen LogP contribution in [0.3, 0.4) is 0 Å². The largest absolute Gasteiger partial charge is 0.384 e. The predicted molar refractivity (Wildman–Crippen MR) is 96.2 cm³/mol. The standard InChI is InChI=1S/C17H18N4S/c1-9(2)21-17(20)11-4-6-13-12-5-3-10(16(18)19)7-14(12)22-15(13)8-11/h3-9H,1-2H3,(H3,18,19)(H2,20,21). The maximum atomic E-state index is 7.55. The summed E-state index contributed by atoms with van der Waals surface area (Å²) in [6, 6.07) is 12.2. The molecule has 0 aliphatic heterocycles. The van der Waals surface area contributed by atoms with Crippen molar-refractivity contribution in [2.75, 3.05) is 0 Å². The molecule has 0 spiro atoms. The highest BCUT2D eigenvalue weighted by Gasteiger charge is 2.09. The number of amidine groups is 2. The number of rotatable bonds is 3. The zero-order chi connectivity index (χ0) is 15.9. The Labute approximate surface area is 133 Å². The lowest BCUT2D eigenvalue weighted by molar-refractivity contribution is 0.834. The number of nitrogens with zero attached hydrogens (tertiary/aromatic N) is 1. The van der Waals surface area contributed by atoms with Gasteiger partial charge in [-0.05, 0) is 26.0 Å². The number of hydrogen-bond donors (Lipinski definition) is 3. The Morgan fingerprint density at radius 3 is 2.09 bits per heavy atom. The highest BCUT2D eigenvalue weighted by atomic mass is 32.1. The molecule has 0 aliphatic rings. The minimum atomic E-state index is 0.0911. The van der Waals surface area contributed by atoms with E-state index in [1.165, 1.54) is 10.8 Å². The molecule has 3 rings (SSSR count). The molecule has 5 N–H and O–H groups in total. The zero-order valence-corrected chi connectivity index (χ0v) is 13.4. The SMILES string of the molecule is CC(C)N=C(N)c1ccc2c(c1)sc1cc(C(=N)N)ccc12. The minimum absolute atomic E-state index is 0.0911. The molecule has 2 aromatic carbocycles. The molecule has 22 heavy (non-hydrogen) atoms. The first-order chi connectivity index (χ1) is 10.5. The molecule has 0 saturated carbocycles. The fraction of sp³-hybridized carbons (Fsp3) is 0.176. The first-order valence-corrected chi connectivity index (χ1v) is 7.91. The van der Waals surface area contributed by atoms with Gasteiger partial charge in [-0.2, -0.15) is 0 Å². The lowest BCUT2D eigenvalue weighted by Crippen LogP contribution is -2.15. The van der Waals surface area contributed by atoms with Gasteiger partial charge in [-0.3, -0.25) is 10.4 Å². The van der Waals surface area contributed by atoms with Gasteiger partial charge in [0.05, 0.1) is 0 Å². The molecule has 3 aromatic rings. The van der Waals surface area contributed by atoms with Gasteiger partial charge in [-0.1, -0.05) is 24.3 Å². The Balaban J connectivity index is 2.17. The van der Waals surface area contributed by atoms with Crippen LogP contribution in [0.25, 0.3) is 20.2 Å². The number of fused-ring (bicyclic) bond motifs is 3. The van der Waals surface area contributed by atoms with Gasteiger partial charge in [-0.25, -0.2) is 0 Å². The molecule has 0 radical (unpaired) electrons. The lowest BCUT2D eigenvalue weighted by Gasteiger charge is -2.03. The summed E-state index contributed by atoms with van der Waals surface area (Å²) >= 11 is 1.68. The van der Waals surface area contributed by atoms with E-state index in [-0.39, 0.29) is 11.9 Å². The number of benzene rings is 2. The van der Waals surface area contributed by atoms with Gasteiger partial charge in [0.25, 0.3) is 0 Å². The Morgan fingerprint density at radius 2 is 1.55 bits per heavy atom. The molecule has 1 heterocycles. The topological polar surface area (TPSA) is 88.2 Å². The summed E-state index contributed by atoms with van der Waals surface area (Å²) in [5.74, 6) is 0.659. The van der Waals surface area contributed by atoms with Crippen molar-refractivity contribution in [1.29, 1.82) is 5.41 Å². The second-order valence-electron chi connectivity index (χ2n) is 5.55. The van der Waals surface area contributed by atoms with E-state index in [0.29, 0.717) is 5.84 Å². The van der Waals surface area contributed by atoms with Crippen LogP contribution in [-0.2, 0) is 0 Å². The number of aliphatic imine (C=N–C) groups is 1.